The van der Waals surface area contributed by atoms with Crippen molar-refractivity contribution in [2.75, 3.05) is 10.6 Å². The lowest BCUT2D eigenvalue weighted by Gasteiger charge is -2.28. The second-order valence-electron chi connectivity index (χ2n) is 7.69. The van der Waals surface area contributed by atoms with Gasteiger partial charge in [-0.1, -0.05) is 46.3 Å². The van der Waals surface area contributed by atoms with Gasteiger partial charge in [0.1, 0.15) is 11.8 Å². The molecule has 7 nitrogen and oxygen atoms in total. The lowest BCUT2D eigenvalue weighted by atomic mass is 9.95. The summed E-state index contributed by atoms with van der Waals surface area (Å²) in [5, 5.41) is 20.6. The molecular weight excluding hydrogens is 482 g/mol. The number of para-hydroxylation sites is 1. The predicted molar refractivity (Wildman–Crippen MR) is 131 cm³/mol. The Morgan fingerprint density at radius 1 is 1.06 bits per heavy atom. The number of fused-ring (bicyclic) bond motifs is 1. The molecule has 0 saturated heterocycles. The molecule has 164 valence electrons. The number of amides is 1. The normalized spacial score (nSPS) is 15.0. The van der Waals surface area contributed by atoms with Gasteiger partial charge in [0, 0.05) is 21.4 Å². The Balaban J connectivity index is 1.61. The average molecular weight is 502 g/mol. The van der Waals surface area contributed by atoms with Crippen LogP contribution >= 0.6 is 15.9 Å². The molecule has 33 heavy (non-hydrogen) atoms. The number of aromatic hydroxyl groups is 1. The summed E-state index contributed by atoms with van der Waals surface area (Å²) in [6.07, 6.45) is 0. The minimum atomic E-state index is -0.485. The Kier molecular flexibility index (Phi) is 5.43. The largest absolute Gasteiger partial charge is 0.508 e. The third-order valence-corrected chi connectivity index (χ3v) is 5.91. The number of nitrogens with one attached hydrogen (secondary N) is 2. The van der Waals surface area contributed by atoms with Crippen molar-refractivity contribution < 1.29 is 9.90 Å². The number of aromatic nitrogens is 3. The van der Waals surface area contributed by atoms with E-state index >= 15 is 0 Å². The molecule has 1 atom stereocenters. The van der Waals surface area contributed by atoms with E-state index in [1.807, 2.05) is 61.5 Å². The summed E-state index contributed by atoms with van der Waals surface area (Å²) in [5.41, 5.74) is 3.62. The van der Waals surface area contributed by atoms with Crippen LogP contribution in [0.3, 0.4) is 0 Å². The average Bonchev–Trinajstić information content (AvgIpc) is 3.22. The van der Waals surface area contributed by atoms with Crippen LogP contribution in [0, 0.1) is 0 Å². The maximum absolute atomic E-state index is 13.5. The molecule has 0 spiro atoms. The van der Waals surface area contributed by atoms with Crippen LogP contribution in [0.25, 0.3) is 11.4 Å². The highest BCUT2D eigenvalue weighted by molar-refractivity contribution is 9.10. The molecule has 1 aliphatic rings. The maximum Gasteiger partial charge on any atom is 0.255 e. The minimum Gasteiger partial charge on any atom is -0.508 e. The predicted octanol–water partition coefficient (Wildman–Crippen LogP) is 5.34. The molecule has 8 heteroatoms. The van der Waals surface area contributed by atoms with E-state index in [2.05, 4.69) is 31.5 Å². The van der Waals surface area contributed by atoms with Crippen LogP contribution in [0.1, 0.15) is 18.5 Å². The fraction of sp³-hybridized carbons (Fsp3) is 0.0800. The summed E-state index contributed by atoms with van der Waals surface area (Å²) in [6.45, 7) is 1.86. The number of allylic oxidation sites excluding steroid dienone is 1. The zero-order chi connectivity index (χ0) is 22.9. The first-order valence-corrected chi connectivity index (χ1v) is 11.1. The highest BCUT2D eigenvalue weighted by Gasteiger charge is 2.34. The molecule has 2 heterocycles. The van der Waals surface area contributed by atoms with Gasteiger partial charge in [0.25, 0.3) is 5.91 Å². The quantitative estimate of drug-likeness (QED) is 0.351. The number of halogens is 1. The molecule has 3 aromatic carbocycles. The molecule has 0 aliphatic carbocycles. The second kappa shape index (κ2) is 8.55. The third kappa shape index (κ3) is 4.12. The van der Waals surface area contributed by atoms with E-state index in [0.717, 1.165) is 15.6 Å². The summed E-state index contributed by atoms with van der Waals surface area (Å²) < 4.78 is 2.64. The lowest BCUT2D eigenvalue weighted by molar-refractivity contribution is -0.113. The number of benzene rings is 3. The molecule has 0 radical (unpaired) electrons. The smallest absolute Gasteiger partial charge is 0.255 e. The first-order chi connectivity index (χ1) is 16.0. The van der Waals surface area contributed by atoms with Crippen LogP contribution in [0.15, 0.2) is 94.6 Å². The number of rotatable bonds is 4. The van der Waals surface area contributed by atoms with Gasteiger partial charge >= 0.3 is 0 Å². The van der Waals surface area contributed by atoms with Gasteiger partial charge in [-0.25, -0.2) is 4.68 Å². The Morgan fingerprint density at radius 2 is 1.82 bits per heavy atom. The van der Waals surface area contributed by atoms with Crippen molar-refractivity contribution in [2.24, 2.45) is 0 Å². The number of nitrogens with zero attached hydrogens (tertiary/aromatic N) is 3. The van der Waals surface area contributed by atoms with Gasteiger partial charge in [-0.3, -0.25) is 4.79 Å². The standard InChI is InChI=1S/C25H20BrN5O2/c1-15-21(24(33)28-19-8-3-2-4-9-19)22(17-6-5-7-18(26)14-17)31-25(27-15)29-23(30-31)16-10-12-20(32)13-11-16/h2-14,22,32H,1H3,(H,28,33)(H,27,29,30). The number of carbonyl (C=O) groups excluding carboxylic acids is 1. The van der Waals surface area contributed by atoms with Crippen LogP contribution in [-0.4, -0.2) is 25.8 Å². The molecule has 1 aliphatic heterocycles. The van der Waals surface area contributed by atoms with Crippen LogP contribution in [0.2, 0.25) is 0 Å². The van der Waals surface area contributed by atoms with E-state index in [0.29, 0.717) is 28.7 Å². The van der Waals surface area contributed by atoms with Crippen molar-refractivity contribution in [2.45, 2.75) is 13.0 Å². The van der Waals surface area contributed by atoms with Crippen LogP contribution < -0.4 is 10.6 Å². The molecule has 3 N–H and O–H groups in total. The Hall–Kier alpha value is -3.91. The number of phenolic OH excluding ortho intramolecular Hbond substituents is 1. The topological polar surface area (TPSA) is 92.1 Å². The molecule has 1 amide bonds. The summed E-state index contributed by atoms with van der Waals surface area (Å²) in [5.74, 6) is 0.987. The molecule has 1 unspecified atom stereocenters. The number of carbonyl (C=O) groups is 1. The van der Waals surface area contributed by atoms with E-state index in [-0.39, 0.29) is 11.7 Å². The van der Waals surface area contributed by atoms with E-state index in [9.17, 15) is 9.90 Å². The van der Waals surface area contributed by atoms with Crippen molar-refractivity contribution in [3.63, 3.8) is 0 Å². The van der Waals surface area contributed by atoms with Gasteiger partial charge in [0.05, 0.1) is 5.57 Å². The first-order valence-electron chi connectivity index (χ1n) is 10.4. The summed E-state index contributed by atoms with van der Waals surface area (Å²) >= 11 is 3.54. The number of hydrogen-bond acceptors (Lipinski definition) is 5. The molecular formula is C25H20BrN5O2. The van der Waals surface area contributed by atoms with Crippen molar-refractivity contribution in [3.05, 3.63) is 100 Å². The van der Waals surface area contributed by atoms with E-state index in [4.69, 9.17) is 5.10 Å². The van der Waals surface area contributed by atoms with Crippen molar-refractivity contribution in [1.29, 1.82) is 0 Å². The van der Waals surface area contributed by atoms with Crippen molar-refractivity contribution in [3.8, 4) is 17.1 Å². The third-order valence-electron chi connectivity index (χ3n) is 5.42. The minimum absolute atomic E-state index is 0.172. The molecule has 0 saturated carbocycles. The van der Waals surface area contributed by atoms with E-state index < -0.39 is 6.04 Å². The fourth-order valence-electron chi connectivity index (χ4n) is 3.88. The van der Waals surface area contributed by atoms with Crippen LogP contribution in [0.5, 0.6) is 5.75 Å². The van der Waals surface area contributed by atoms with Gasteiger partial charge in [-0.15, -0.1) is 5.10 Å². The van der Waals surface area contributed by atoms with Gasteiger partial charge in [-0.05, 0) is 61.0 Å². The summed E-state index contributed by atoms with van der Waals surface area (Å²) in [6, 6.07) is 23.4. The maximum atomic E-state index is 13.5. The van der Waals surface area contributed by atoms with Crippen LogP contribution in [-0.2, 0) is 4.79 Å². The van der Waals surface area contributed by atoms with E-state index in [1.165, 1.54) is 0 Å². The lowest BCUT2D eigenvalue weighted by Crippen LogP contribution is -2.31. The zero-order valence-electron chi connectivity index (χ0n) is 17.7. The molecule has 4 aromatic rings. The highest BCUT2D eigenvalue weighted by atomic mass is 79.9. The summed E-state index contributed by atoms with van der Waals surface area (Å²) in [7, 11) is 0. The van der Waals surface area contributed by atoms with Crippen molar-refractivity contribution >= 4 is 33.5 Å². The van der Waals surface area contributed by atoms with Crippen molar-refractivity contribution in [1.82, 2.24) is 14.8 Å². The Labute approximate surface area is 198 Å². The van der Waals surface area contributed by atoms with Gasteiger partial charge in [0.15, 0.2) is 5.82 Å². The van der Waals surface area contributed by atoms with Gasteiger partial charge in [0.2, 0.25) is 5.95 Å². The van der Waals surface area contributed by atoms with Gasteiger partial charge in [-0.2, -0.15) is 4.98 Å². The highest BCUT2D eigenvalue weighted by Crippen LogP contribution is 2.37. The first kappa shape index (κ1) is 21.0. The number of hydrogen-bond donors (Lipinski definition) is 3. The molecule has 5 rings (SSSR count). The van der Waals surface area contributed by atoms with E-state index in [1.54, 1.807) is 28.9 Å². The van der Waals surface area contributed by atoms with Crippen LogP contribution in [0.4, 0.5) is 11.6 Å². The molecule has 1 aromatic heterocycles. The Morgan fingerprint density at radius 3 is 2.55 bits per heavy atom. The molecule has 0 bridgehead atoms. The fourth-order valence-corrected chi connectivity index (χ4v) is 4.30. The molecule has 0 fully saturated rings. The Bertz CT molecular complexity index is 1360. The summed E-state index contributed by atoms with van der Waals surface area (Å²) in [4.78, 5) is 18.1. The monoisotopic (exact) mass is 501 g/mol. The SMILES string of the molecule is CC1=C(C(=O)Nc2ccccc2)C(c2cccc(Br)c2)n2nc(-c3ccc(O)cc3)nc2N1. The second-order valence-corrected chi connectivity index (χ2v) is 8.61. The van der Waals surface area contributed by atoms with Gasteiger partial charge < -0.3 is 15.7 Å². The number of phenols is 1. The number of anilines is 2. The zero-order valence-corrected chi connectivity index (χ0v) is 19.2.